The summed E-state index contributed by atoms with van der Waals surface area (Å²) in [6, 6.07) is 9.90. The van der Waals surface area contributed by atoms with Crippen LogP contribution in [0.5, 0.6) is 0 Å². The molecule has 1 atom stereocenters. The van der Waals surface area contributed by atoms with E-state index in [4.69, 9.17) is 0 Å². The number of aryl methyl sites for hydroxylation is 1. The molecular formula is C17H25NO. The summed E-state index contributed by atoms with van der Waals surface area (Å²) < 4.78 is 0. The van der Waals surface area contributed by atoms with Crippen molar-refractivity contribution in [3.63, 3.8) is 0 Å². The first-order chi connectivity index (χ1) is 9.24. The average Bonchev–Trinajstić information content (AvgIpc) is 3.24. The van der Waals surface area contributed by atoms with Gasteiger partial charge < -0.3 is 10.4 Å². The predicted molar refractivity (Wildman–Crippen MR) is 78.0 cm³/mol. The van der Waals surface area contributed by atoms with E-state index >= 15 is 0 Å². The summed E-state index contributed by atoms with van der Waals surface area (Å²) in [5, 5.41) is 13.5. The third-order valence-corrected chi connectivity index (χ3v) is 4.73. The fraction of sp³-hybridized carbons (Fsp3) is 0.647. The summed E-state index contributed by atoms with van der Waals surface area (Å²) in [7, 11) is 0. The van der Waals surface area contributed by atoms with E-state index in [1.54, 1.807) is 0 Å². The predicted octanol–water partition coefficient (Wildman–Crippen LogP) is 3.34. The monoisotopic (exact) mass is 259 g/mol. The third kappa shape index (κ3) is 3.18. The van der Waals surface area contributed by atoms with E-state index in [-0.39, 0.29) is 6.10 Å². The van der Waals surface area contributed by atoms with Crippen molar-refractivity contribution in [1.82, 2.24) is 5.32 Å². The van der Waals surface area contributed by atoms with Crippen molar-refractivity contribution in [3.8, 4) is 0 Å². The standard InChI is InChI=1S/C17H25NO/c1-12-4-2-3-5-16(12)17(13-6-7-13)18-14-8-10-15(19)11-9-14/h2-5,13-15,17-19H,6-11H2,1H3. The molecule has 0 saturated heterocycles. The zero-order valence-corrected chi connectivity index (χ0v) is 11.8. The number of hydrogen-bond acceptors (Lipinski definition) is 2. The Morgan fingerprint density at radius 3 is 2.37 bits per heavy atom. The van der Waals surface area contributed by atoms with Gasteiger partial charge in [-0.05, 0) is 62.5 Å². The lowest BCUT2D eigenvalue weighted by Crippen LogP contribution is -2.38. The van der Waals surface area contributed by atoms with E-state index in [1.807, 2.05) is 0 Å². The van der Waals surface area contributed by atoms with Crippen LogP contribution < -0.4 is 5.32 Å². The van der Waals surface area contributed by atoms with Crippen LogP contribution in [0.2, 0.25) is 0 Å². The Morgan fingerprint density at radius 1 is 1.05 bits per heavy atom. The highest BCUT2D eigenvalue weighted by Crippen LogP contribution is 2.42. The second-order valence-electron chi connectivity index (χ2n) is 6.34. The first-order valence-corrected chi connectivity index (χ1v) is 7.73. The van der Waals surface area contributed by atoms with Gasteiger partial charge in [0.15, 0.2) is 0 Å². The molecule has 2 aliphatic rings. The fourth-order valence-electron chi connectivity index (χ4n) is 3.34. The largest absolute Gasteiger partial charge is 0.393 e. The molecule has 3 rings (SSSR count). The fourth-order valence-corrected chi connectivity index (χ4v) is 3.34. The first kappa shape index (κ1) is 13.1. The Bertz CT molecular complexity index is 419. The van der Waals surface area contributed by atoms with E-state index in [0.717, 1.165) is 31.6 Å². The first-order valence-electron chi connectivity index (χ1n) is 7.73. The highest BCUT2D eigenvalue weighted by molar-refractivity contribution is 5.30. The molecule has 2 nitrogen and oxygen atoms in total. The molecule has 0 aliphatic heterocycles. The molecule has 0 aromatic heterocycles. The topological polar surface area (TPSA) is 32.3 Å². The molecule has 1 aromatic rings. The van der Waals surface area contributed by atoms with Gasteiger partial charge in [0.1, 0.15) is 0 Å². The molecule has 104 valence electrons. The van der Waals surface area contributed by atoms with E-state index in [9.17, 15) is 5.11 Å². The number of hydrogen-bond donors (Lipinski definition) is 2. The van der Waals surface area contributed by atoms with Crippen molar-refractivity contribution in [3.05, 3.63) is 35.4 Å². The summed E-state index contributed by atoms with van der Waals surface area (Å²) in [4.78, 5) is 0. The average molecular weight is 259 g/mol. The van der Waals surface area contributed by atoms with Gasteiger partial charge in [-0.2, -0.15) is 0 Å². The van der Waals surface area contributed by atoms with Gasteiger partial charge in [0.25, 0.3) is 0 Å². The maximum absolute atomic E-state index is 9.62. The van der Waals surface area contributed by atoms with Crippen molar-refractivity contribution in [2.45, 2.75) is 63.6 Å². The minimum Gasteiger partial charge on any atom is -0.393 e. The smallest absolute Gasteiger partial charge is 0.0541 e. The van der Waals surface area contributed by atoms with Crippen LogP contribution in [0.1, 0.15) is 55.7 Å². The van der Waals surface area contributed by atoms with Crippen molar-refractivity contribution >= 4 is 0 Å². The van der Waals surface area contributed by atoms with Crippen molar-refractivity contribution < 1.29 is 5.11 Å². The van der Waals surface area contributed by atoms with Gasteiger partial charge in [-0.1, -0.05) is 24.3 Å². The lowest BCUT2D eigenvalue weighted by molar-refractivity contribution is 0.113. The SMILES string of the molecule is Cc1ccccc1C(NC1CCC(O)CC1)C1CC1. The van der Waals surface area contributed by atoms with Gasteiger partial charge >= 0.3 is 0 Å². The molecule has 0 bridgehead atoms. The molecule has 0 spiro atoms. The van der Waals surface area contributed by atoms with Crippen LogP contribution in [-0.4, -0.2) is 17.3 Å². The summed E-state index contributed by atoms with van der Waals surface area (Å²) in [6.45, 7) is 2.22. The van der Waals surface area contributed by atoms with Crippen molar-refractivity contribution in [2.24, 2.45) is 5.92 Å². The Hall–Kier alpha value is -0.860. The lowest BCUT2D eigenvalue weighted by atomic mass is 9.90. The van der Waals surface area contributed by atoms with E-state index in [1.165, 1.54) is 24.0 Å². The van der Waals surface area contributed by atoms with E-state index in [0.29, 0.717) is 12.1 Å². The van der Waals surface area contributed by atoms with E-state index in [2.05, 4.69) is 36.5 Å². The molecule has 0 amide bonds. The minimum absolute atomic E-state index is 0.0594. The van der Waals surface area contributed by atoms with Gasteiger partial charge in [-0.3, -0.25) is 0 Å². The summed E-state index contributed by atoms with van der Waals surface area (Å²) in [5.74, 6) is 0.827. The number of aliphatic hydroxyl groups excluding tert-OH is 1. The molecule has 19 heavy (non-hydrogen) atoms. The minimum atomic E-state index is -0.0594. The van der Waals surface area contributed by atoms with Crippen LogP contribution in [0.4, 0.5) is 0 Å². The van der Waals surface area contributed by atoms with Gasteiger partial charge in [-0.25, -0.2) is 0 Å². The van der Waals surface area contributed by atoms with Crippen LogP contribution in [0.25, 0.3) is 0 Å². The summed E-state index contributed by atoms with van der Waals surface area (Å²) in [5.41, 5.74) is 2.89. The van der Waals surface area contributed by atoms with Gasteiger partial charge in [0, 0.05) is 12.1 Å². The second kappa shape index (κ2) is 5.64. The number of benzene rings is 1. The van der Waals surface area contributed by atoms with Gasteiger partial charge in [0.2, 0.25) is 0 Å². The van der Waals surface area contributed by atoms with Crippen LogP contribution in [0, 0.1) is 12.8 Å². The highest BCUT2D eigenvalue weighted by atomic mass is 16.3. The van der Waals surface area contributed by atoms with Crippen LogP contribution in [-0.2, 0) is 0 Å². The Kier molecular flexibility index (Phi) is 3.90. The maximum Gasteiger partial charge on any atom is 0.0541 e. The third-order valence-electron chi connectivity index (χ3n) is 4.73. The zero-order valence-electron chi connectivity index (χ0n) is 11.8. The quantitative estimate of drug-likeness (QED) is 0.869. The van der Waals surface area contributed by atoms with Crippen LogP contribution >= 0.6 is 0 Å². The molecule has 2 heteroatoms. The van der Waals surface area contributed by atoms with Crippen molar-refractivity contribution in [1.29, 1.82) is 0 Å². The molecule has 2 N–H and O–H groups in total. The molecular weight excluding hydrogens is 234 g/mol. The Labute approximate surface area is 116 Å². The normalized spacial score (nSPS) is 29.2. The number of aliphatic hydroxyl groups is 1. The van der Waals surface area contributed by atoms with Crippen molar-refractivity contribution in [2.75, 3.05) is 0 Å². The molecule has 0 heterocycles. The van der Waals surface area contributed by atoms with Crippen LogP contribution in [0.3, 0.4) is 0 Å². The summed E-state index contributed by atoms with van der Waals surface area (Å²) >= 11 is 0. The molecule has 2 saturated carbocycles. The zero-order chi connectivity index (χ0) is 13.2. The second-order valence-corrected chi connectivity index (χ2v) is 6.34. The van der Waals surface area contributed by atoms with E-state index < -0.39 is 0 Å². The number of nitrogens with one attached hydrogen (secondary N) is 1. The molecule has 1 unspecified atom stereocenters. The highest BCUT2D eigenvalue weighted by Gasteiger charge is 2.34. The molecule has 1 aromatic carbocycles. The molecule has 2 aliphatic carbocycles. The van der Waals surface area contributed by atoms with Crippen LogP contribution in [0.15, 0.2) is 24.3 Å². The molecule has 2 fully saturated rings. The Balaban J connectivity index is 1.70. The van der Waals surface area contributed by atoms with Gasteiger partial charge in [-0.15, -0.1) is 0 Å². The number of rotatable bonds is 4. The maximum atomic E-state index is 9.62. The van der Waals surface area contributed by atoms with Gasteiger partial charge in [0.05, 0.1) is 6.10 Å². The molecule has 0 radical (unpaired) electrons. The summed E-state index contributed by atoms with van der Waals surface area (Å²) in [6.07, 6.45) is 6.83. The lowest BCUT2D eigenvalue weighted by Gasteiger charge is -2.31. The Morgan fingerprint density at radius 2 is 1.74 bits per heavy atom.